The van der Waals surface area contributed by atoms with Gasteiger partial charge < -0.3 is 5.73 Å². The number of nitrogen functional groups attached to an aromatic ring is 1. The summed E-state index contributed by atoms with van der Waals surface area (Å²) >= 11 is 1.41. The summed E-state index contributed by atoms with van der Waals surface area (Å²) in [5, 5.41) is 19.5. The lowest BCUT2D eigenvalue weighted by atomic mass is 10.1. The maximum Gasteiger partial charge on any atom is 0.213 e. The molecule has 0 amide bonds. The van der Waals surface area contributed by atoms with Crippen molar-refractivity contribution in [2.24, 2.45) is 12.8 Å². The second-order valence-corrected chi connectivity index (χ2v) is 4.53. The molecule has 1 aromatic carbocycles. The molecule has 0 aliphatic carbocycles. The van der Waals surface area contributed by atoms with Crippen LogP contribution in [0.1, 0.15) is 11.1 Å². The van der Waals surface area contributed by atoms with Crippen LogP contribution in [0.4, 0.5) is 0 Å². The zero-order valence-electron chi connectivity index (χ0n) is 9.51. The number of hydrogen-bond donors (Lipinski definition) is 2. The molecule has 0 bridgehead atoms. The summed E-state index contributed by atoms with van der Waals surface area (Å²) in [5.74, 6) is 0.0475. The molecule has 2 rings (SSSR count). The third-order valence-electron chi connectivity index (χ3n) is 2.28. The molecule has 0 aliphatic rings. The Morgan fingerprint density at radius 2 is 2.24 bits per heavy atom. The van der Waals surface area contributed by atoms with E-state index in [1.165, 1.54) is 11.8 Å². The van der Waals surface area contributed by atoms with Crippen molar-refractivity contribution in [2.45, 2.75) is 17.0 Å². The minimum Gasteiger partial charge on any atom is -0.384 e. The third-order valence-corrected chi connectivity index (χ3v) is 3.55. The van der Waals surface area contributed by atoms with Crippen molar-refractivity contribution >= 4 is 17.6 Å². The molecule has 0 atom stereocenters. The Hall–Kier alpha value is -1.89. The summed E-state index contributed by atoms with van der Waals surface area (Å²) in [7, 11) is 1.77. The van der Waals surface area contributed by atoms with Gasteiger partial charge in [0, 0.05) is 17.5 Å². The molecule has 0 saturated heterocycles. The number of nitrogens with one attached hydrogen (secondary N) is 1. The molecular weight excluding hydrogens is 236 g/mol. The van der Waals surface area contributed by atoms with E-state index in [0.717, 1.165) is 10.5 Å². The first kappa shape index (κ1) is 11.6. The maximum atomic E-state index is 7.56. The van der Waals surface area contributed by atoms with E-state index in [1.54, 1.807) is 11.7 Å². The van der Waals surface area contributed by atoms with Gasteiger partial charge in [0.1, 0.15) is 5.84 Å². The first-order valence-corrected chi connectivity index (χ1v) is 5.75. The lowest BCUT2D eigenvalue weighted by Gasteiger charge is -2.09. The standard InChI is InChI=1S/C10H12N6S/c1-6-4-3-5-7(9(11)12)8(6)17-10-13-14-15-16(10)2/h3-5H,1-2H3,(H3,11,12). The van der Waals surface area contributed by atoms with Crippen molar-refractivity contribution in [3.05, 3.63) is 29.3 Å². The molecule has 7 heteroatoms. The number of tetrazole rings is 1. The van der Waals surface area contributed by atoms with Crippen molar-refractivity contribution in [1.29, 1.82) is 5.41 Å². The number of amidine groups is 1. The van der Waals surface area contributed by atoms with Gasteiger partial charge in [0.2, 0.25) is 5.16 Å². The monoisotopic (exact) mass is 248 g/mol. The van der Waals surface area contributed by atoms with Crippen LogP contribution < -0.4 is 5.73 Å². The van der Waals surface area contributed by atoms with Gasteiger partial charge in [-0.25, -0.2) is 4.68 Å². The normalized spacial score (nSPS) is 10.5. The van der Waals surface area contributed by atoms with Gasteiger partial charge >= 0.3 is 0 Å². The summed E-state index contributed by atoms with van der Waals surface area (Å²) in [6.07, 6.45) is 0. The summed E-state index contributed by atoms with van der Waals surface area (Å²) < 4.78 is 1.58. The first-order chi connectivity index (χ1) is 8.09. The molecule has 0 aliphatic heterocycles. The van der Waals surface area contributed by atoms with E-state index in [2.05, 4.69) is 15.5 Å². The maximum absolute atomic E-state index is 7.56. The van der Waals surface area contributed by atoms with Gasteiger partial charge in [0.05, 0.1) is 0 Å². The molecule has 6 nitrogen and oxygen atoms in total. The highest BCUT2D eigenvalue weighted by molar-refractivity contribution is 7.99. The molecule has 0 radical (unpaired) electrons. The second kappa shape index (κ2) is 4.54. The van der Waals surface area contributed by atoms with E-state index in [4.69, 9.17) is 11.1 Å². The summed E-state index contributed by atoms with van der Waals surface area (Å²) in [4.78, 5) is 0.915. The molecule has 1 aromatic heterocycles. The molecule has 88 valence electrons. The smallest absolute Gasteiger partial charge is 0.213 e. The van der Waals surface area contributed by atoms with E-state index in [0.29, 0.717) is 10.7 Å². The van der Waals surface area contributed by atoms with Crippen LogP contribution in [0.25, 0.3) is 0 Å². The van der Waals surface area contributed by atoms with E-state index in [-0.39, 0.29) is 5.84 Å². The second-order valence-electron chi connectivity index (χ2n) is 3.55. The molecule has 2 aromatic rings. The van der Waals surface area contributed by atoms with Gasteiger partial charge in [-0.05, 0) is 34.7 Å². The minimum atomic E-state index is 0.0475. The molecule has 1 heterocycles. The van der Waals surface area contributed by atoms with E-state index in [1.807, 2.05) is 25.1 Å². The Bertz CT molecular complexity index is 562. The zero-order valence-corrected chi connectivity index (χ0v) is 10.3. The molecule has 0 unspecified atom stereocenters. The summed E-state index contributed by atoms with van der Waals surface area (Å²) in [6.45, 7) is 1.97. The lowest BCUT2D eigenvalue weighted by molar-refractivity contribution is 0.664. The fourth-order valence-electron chi connectivity index (χ4n) is 1.40. The number of hydrogen-bond acceptors (Lipinski definition) is 5. The van der Waals surface area contributed by atoms with Crippen LogP contribution >= 0.6 is 11.8 Å². The Balaban J connectivity index is 2.45. The van der Waals surface area contributed by atoms with Crippen molar-refractivity contribution in [3.63, 3.8) is 0 Å². The van der Waals surface area contributed by atoms with E-state index in [9.17, 15) is 0 Å². The number of benzene rings is 1. The lowest BCUT2D eigenvalue weighted by Crippen LogP contribution is -2.13. The van der Waals surface area contributed by atoms with Crippen LogP contribution in [-0.4, -0.2) is 26.0 Å². The van der Waals surface area contributed by atoms with Crippen LogP contribution in [0, 0.1) is 12.3 Å². The van der Waals surface area contributed by atoms with Crippen LogP contribution in [0.15, 0.2) is 28.3 Å². The van der Waals surface area contributed by atoms with Gasteiger partial charge in [0.15, 0.2) is 0 Å². The molecule has 17 heavy (non-hydrogen) atoms. The van der Waals surface area contributed by atoms with Gasteiger partial charge in [-0.1, -0.05) is 18.2 Å². The Labute approximate surface area is 103 Å². The highest BCUT2D eigenvalue weighted by Crippen LogP contribution is 2.31. The van der Waals surface area contributed by atoms with Crippen LogP contribution in [0.2, 0.25) is 0 Å². The largest absolute Gasteiger partial charge is 0.384 e. The van der Waals surface area contributed by atoms with Crippen molar-refractivity contribution in [1.82, 2.24) is 20.2 Å². The van der Waals surface area contributed by atoms with Gasteiger partial charge in [-0.15, -0.1) is 5.10 Å². The fourth-order valence-corrected chi connectivity index (χ4v) is 2.34. The molecule has 0 fully saturated rings. The highest BCUT2D eigenvalue weighted by atomic mass is 32.2. The van der Waals surface area contributed by atoms with Crippen LogP contribution in [0.5, 0.6) is 0 Å². The van der Waals surface area contributed by atoms with E-state index < -0.39 is 0 Å². The summed E-state index contributed by atoms with van der Waals surface area (Å²) in [6, 6.07) is 5.67. The number of nitrogens with two attached hydrogens (primary N) is 1. The number of aryl methyl sites for hydroxylation is 2. The average molecular weight is 248 g/mol. The molecule has 0 spiro atoms. The molecular formula is C10H12N6S. The Kier molecular flexibility index (Phi) is 3.10. The van der Waals surface area contributed by atoms with Gasteiger partial charge in [-0.3, -0.25) is 5.41 Å². The number of nitrogens with zero attached hydrogens (tertiary/aromatic N) is 4. The topological polar surface area (TPSA) is 93.5 Å². The highest BCUT2D eigenvalue weighted by Gasteiger charge is 2.12. The van der Waals surface area contributed by atoms with Crippen molar-refractivity contribution < 1.29 is 0 Å². The van der Waals surface area contributed by atoms with Crippen LogP contribution in [0.3, 0.4) is 0 Å². The quantitative estimate of drug-likeness (QED) is 0.623. The van der Waals surface area contributed by atoms with Crippen LogP contribution in [-0.2, 0) is 7.05 Å². The fraction of sp³-hybridized carbons (Fsp3) is 0.200. The Morgan fingerprint density at radius 1 is 1.47 bits per heavy atom. The zero-order chi connectivity index (χ0) is 12.4. The minimum absolute atomic E-state index is 0.0475. The SMILES string of the molecule is Cc1cccc(C(=N)N)c1Sc1nnnn1C. The first-order valence-electron chi connectivity index (χ1n) is 4.94. The Morgan fingerprint density at radius 3 is 2.82 bits per heavy atom. The van der Waals surface area contributed by atoms with Gasteiger partial charge in [0.25, 0.3) is 0 Å². The molecule has 0 saturated carbocycles. The van der Waals surface area contributed by atoms with Gasteiger partial charge in [-0.2, -0.15) is 0 Å². The van der Waals surface area contributed by atoms with E-state index >= 15 is 0 Å². The average Bonchev–Trinajstić information content (AvgIpc) is 2.67. The van der Waals surface area contributed by atoms with Crippen molar-refractivity contribution in [3.8, 4) is 0 Å². The predicted molar refractivity (Wildman–Crippen MR) is 65.1 cm³/mol. The third kappa shape index (κ3) is 2.28. The van der Waals surface area contributed by atoms with Crippen molar-refractivity contribution in [2.75, 3.05) is 0 Å². The summed E-state index contributed by atoms with van der Waals surface area (Å²) in [5.41, 5.74) is 7.32. The molecule has 3 N–H and O–H groups in total. The predicted octanol–water partition coefficient (Wildman–Crippen LogP) is 0.954. The number of aromatic nitrogens is 4. The number of rotatable bonds is 3.